The van der Waals surface area contributed by atoms with Crippen LogP contribution in [0.4, 0.5) is 0 Å². The average molecular weight is 375 g/mol. The Morgan fingerprint density at radius 1 is 1.30 bits per heavy atom. The minimum absolute atomic E-state index is 0.0849. The third-order valence-electron chi connectivity index (χ3n) is 5.04. The molecule has 0 aliphatic carbocycles. The summed E-state index contributed by atoms with van der Waals surface area (Å²) in [7, 11) is 0. The molecule has 0 unspecified atom stereocenters. The number of hydrogen-bond acceptors (Lipinski definition) is 6. The van der Waals surface area contributed by atoms with Crippen molar-refractivity contribution in [2.75, 3.05) is 20.0 Å². The Kier molecular flexibility index (Phi) is 5.07. The fraction of sp³-hybridized carbons (Fsp3) is 0.579. The molecule has 0 N–H and O–H groups in total. The number of nitrogens with zero attached hydrogens (tertiary/aromatic N) is 3. The molecule has 1 fully saturated rings. The lowest BCUT2D eigenvalue weighted by atomic mass is 10.0. The number of hydrogen-bond donors (Lipinski definition) is 0. The smallest absolute Gasteiger partial charge is 0.345 e. The predicted molar refractivity (Wildman–Crippen MR) is 97.3 cm³/mol. The number of aromatic nitrogens is 3. The number of ether oxygens (including phenoxy) is 4. The Morgan fingerprint density at radius 3 is 2.93 bits per heavy atom. The van der Waals surface area contributed by atoms with Crippen molar-refractivity contribution in [2.24, 2.45) is 5.92 Å². The zero-order valence-corrected chi connectivity index (χ0v) is 15.7. The molecule has 8 heteroatoms. The van der Waals surface area contributed by atoms with Gasteiger partial charge in [0.2, 0.25) is 6.79 Å². The predicted octanol–water partition coefficient (Wildman–Crippen LogP) is 2.36. The molecule has 1 aromatic carbocycles. The minimum atomic E-state index is -0.0937. The molecule has 0 saturated carbocycles. The van der Waals surface area contributed by atoms with Crippen LogP contribution in [0, 0.1) is 5.92 Å². The van der Waals surface area contributed by atoms with Gasteiger partial charge in [0.25, 0.3) is 0 Å². The van der Waals surface area contributed by atoms with E-state index in [0.717, 1.165) is 30.4 Å². The topological polar surface area (TPSA) is 76.7 Å². The Labute approximate surface area is 157 Å². The summed E-state index contributed by atoms with van der Waals surface area (Å²) in [6.07, 6.45) is 1.58. The van der Waals surface area contributed by atoms with Gasteiger partial charge in [0, 0.05) is 32.2 Å². The summed E-state index contributed by atoms with van der Waals surface area (Å²) < 4.78 is 25.4. The van der Waals surface area contributed by atoms with Gasteiger partial charge in [-0.1, -0.05) is 6.92 Å². The maximum Gasteiger partial charge on any atom is 0.345 e. The lowest BCUT2D eigenvalue weighted by Crippen LogP contribution is -2.26. The highest BCUT2D eigenvalue weighted by molar-refractivity contribution is 5.46. The number of aryl methyl sites for hydroxylation is 1. The van der Waals surface area contributed by atoms with E-state index in [-0.39, 0.29) is 18.6 Å². The van der Waals surface area contributed by atoms with Gasteiger partial charge in [0.15, 0.2) is 17.3 Å². The van der Waals surface area contributed by atoms with Gasteiger partial charge in [0.1, 0.15) is 11.9 Å². The molecular formula is C19H25N3O5. The fourth-order valence-electron chi connectivity index (χ4n) is 3.51. The third-order valence-corrected chi connectivity index (χ3v) is 5.04. The molecule has 2 aliphatic heterocycles. The summed E-state index contributed by atoms with van der Waals surface area (Å²) in [6.45, 7) is 6.64. The lowest BCUT2D eigenvalue weighted by Gasteiger charge is -2.13. The maximum absolute atomic E-state index is 12.6. The van der Waals surface area contributed by atoms with Crippen molar-refractivity contribution >= 4 is 0 Å². The Morgan fingerprint density at radius 2 is 2.15 bits per heavy atom. The number of rotatable bonds is 7. The summed E-state index contributed by atoms with van der Waals surface area (Å²) in [5.41, 5.74) is -0.0849. The minimum Gasteiger partial charge on any atom is -0.493 e. The van der Waals surface area contributed by atoms with Crippen molar-refractivity contribution in [3.63, 3.8) is 0 Å². The molecule has 0 amide bonds. The van der Waals surface area contributed by atoms with Gasteiger partial charge in [-0.2, -0.15) is 5.10 Å². The molecule has 3 heterocycles. The van der Waals surface area contributed by atoms with Crippen molar-refractivity contribution in [3.8, 4) is 17.2 Å². The van der Waals surface area contributed by atoms with Crippen molar-refractivity contribution in [2.45, 2.75) is 45.9 Å². The molecule has 8 nitrogen and oxygen atoms in total. The van der Waals surface area contributed by atoms with Gasteiger partial charge < -0.3 is 18.9 Å². The van der Waals surface area contributed by atoms with E-state index >= 15 is 0 Å². The zero-order valence-electron chi connectivity index (χ0n) is 15.7. The van der Waals surface area contributed by atoms with Gasteiger partial charge in [-0.05, 0) is 31.4 Å². The van der Waals surface area contributed by atoms with Crippen LogP contribution in [0.2, 0.25) is 0 Å². The molecule has 146 valence electrons. The van der Waals surface area contributed by atoms with Crippen LogP contribution in [0.1, 0.15) is 38.6 Å². The molecule has 0 spiro atoms. The van der Waals surface area contributed by atoms with Crippen LogP contribution in [-0.2, 0) is 17.8 Å². The molecule has 1 saturated heterocycles. The highest BCUT2D eigenvalue weighted by Gasteiger charge is 2.31. The molecule has 2 aliphatic rings. The highest BCUT2D eigenvalue weighted by Crippen LogP contribution is 2.35. The van der Waals surface area contributed by atoms with E-state index in [1.807, 2.05) is 25.1 Å². The third kappa shape index (κ3) is 3.53. The summed E-state index contributed by atoms with van der Waals surface area (Å²) >= 11 is 0. The van der Waals surface area contributed by atoms with Crippen molar-refractivity contribution in [3.05, 3.63) is 34.5 Å². The van der Waals surface area contributed by atoms with E-state index in [0.29, 0.717) is 37.8 Å². The fourth-order valence-corrected chi connectivity index (χ4v) is 3.51. The van der Waals surface area contributed by atoms with Crippen LogP contribution in [0.15, 0.2) is 23.0 Å². The molecule has 27 heavy (non-hydrogen) atoms. The van der Waals surface area contributed by atoms with E-state index in [9.17, 15) is 4.79 Å². The largest absolute Gasteiger partial charge is 0.493 e. The van der Waals surface area contributed by atoms with Crippen molar-refractivity contribution < 1.29 is 18.9 Å². The summed E-state index contributed by atoms with van der Waals surface area (Å²) in [4.78, 5) is 12.6. The van der Waals surface area contributed by atoms with Crippen LogP contribution in [0.25, 0.3) is 0 Å². The van der Waals surface area contributed by atoms with Gasteiger partial charge in [0.05, 0.1) is 6.61 Å². The Balaban J connectivity index is 1.37. The number of fused-ring (bicyclic) bond motifs is 1. The maximum atomic E-state index is 12.6. The first-order valence-corrected chi connectivity index (χ1v) is 9.49. The van der Waals surface area contributed by atoms with Gasteiger partial charge >= 0.3 is 5.69 Å². The van der Waals surface area contributed by atoms with Crippen LogP contribution < -0.4 is 19.9 Å². The average Bonchev–Trinajstić information content (AvgIpc) is 3.37. The first-order chi connectivity index (χ1) is 13.2. The zero-order chi connectivity index (χ0) is 18.8. The van der Waals surface area contributed by atoms with E-state index in [4.69, 9.17) is 18.9 Å². The van der Waals surface area contributed by atoms with Crippen molar-refractivity contribution in [1.29, 1.82) is 0 Å². The van der Waals surface area contributed by atoms with Gasteiger partial charge in [-0.3, -0.25) is 4.57 Å². The molecule has 4 rings (SSSR count). The van der Waals surface area contributed by atoms with Crippen LogP contribution in [-0.4, -0.2) is 34.4 Å². The Hall–Kier alpha value is -2.48. The normalized spacial score (nSPS) is 21.0. The van der Waals surface area contributed by atoms with Crippen LogP contribution >= 0.6 is 0 Å². The van der Waals surface area contributed by atoms with Crippen LogP contribution in [0.3, 0.4) is 0 Å². The molecule has 0 radical (unpaired) electrons. The first kappa shape index (κ1) is 17.9. The molecule has 1 aromatic heterocycles. The summed E-state index contributed by atoms with van der Waals surface area (Å²) in [5.74, 6) is 3.26. The van der Waals surface area contributed by atoms with Crippen molar-refractivity contribution in [1.82, 2.24) is 14.3 Å². The van der Waals surface area contributed by atoms with Crippen LogP contribution in [0.5, 0.6) is 17.2 Å². The molecule has 0 bridgehead atoms. The van der Waals surface area contributed by atoms with E-state index in [1.165, 1.54) is 4.68 Å². The first-order valence-electron chi connectivity index (χ1n) is 9.49. The monoisotopic (exact) mass is 375 g/mol. The second kappa shape index (κ2) is 7.64. The van der Waals surface area contributed by atoms with E-state index < -0.39 is 0 Å². The standard InChI is InChI=1S/C19H25N3O5/c1-3-21-18(17-13(2)7-10-25-17)20-22(19(21)23)8-4-9-24-14-5-6-15-16(11-14)27-12-26-15/h5-6,11,13,17H,3-4,7-10,12H2,1-2H3/t13-,17+/m1/s1. The summed E-state index contributed by atoms with van der Waals surface area (Å²) in [6, 6.07) is 5.50. The lowest BCUT2D eigenvalue weighted by molar-refractivity contribution is 0.0835. The SMILES string of the molecule is CCn1c([C@H]2OCC[C@H]2C)nn(CCCOc2ccc3c(c2)OCO3)c1=O. The Bertz CT molecular complexity index is 860. The highest BCUT2D eigenvalue weighted by atomic mass is 16.7. The molecular weight excluding hydrogens is 350 g/mol. The van der Waals surface area contributed by atoms with Gasteiger partial charge in [-0.25, -0.2) is 9.48 Å². The molecule has 2 atom stereocenters. The van der Waals surface area contributed by atoms with E-state index in [2.05, 4.69) is 12.0 Å². The molecule has 2 aromatic rings. The summed E-state index contributed by atoms with van der Waals surface area (Å²) in [5, 5.41) is 4.55. The number of benzene rings is 1. The quantitative estimate of drug-likeness (QED) is 0.692. The second-order valence-electron chi connectivity index (χ2n) is 6.88. The van der Waals surface area contributed by atoms with Gasteiger partial charge in [-0.15, -0.1) is 0 Å². The second-order valence-corrected chi connectivity index (χ2v) is 6.88. The van der Waals surface area contributed by atoms with E-state index in [1.54, 1.807) is 4.57 Å².